The molecule has 0 saturated carbocycles. The molecule has 2 aromatic carbocycles. The molecule has 0 aliphatic carbocycles. The minimum absolute atomic E-state index is 0.154. The van der Waals surface area contributed by atoms with Crippen LogP contribution in [0.4, 0.5) is 4.39 Å². The molecule has 0 saturated heterocycles. The first-order chi connectivity index (χ1) is 11.0. The van der Waals surface area contributed by atoms with Crippen LogP contribution in [-0.4, -0.2) is 25.0 Å². The molecule has 0 fully saturated rings. The quantitative estimate of drug-likeness (QED) is 0.590. The molecule has 0 aromatic heterocycles. The number of hydrogen-bond acceptors (Lipinski definition) is 3. The first-order valence-corrected chi connectivity index (χ1v) is 7.97. The number of halogens is 2. The third-order valence-corrected chi connectivity index (χ3v) is 4.31. The molecule has 0 spiro atoms. The van der Waals surface area contributed by atoms with E-state index >= 15 is 0 Å². The van der Waals surface area contributed by atoms with Crippen molar-refractivity contribution in [3.63, 3.8) is 0 Å². The summed E-state index contributed by atoms with van der Waals surface area (Å²) in [6.45, 7) is 0. The highest BCUT2D eigenvalue weighted by Crippen LogP contribution is 2.14. The number of hydrogen-bond donors (Lipinski definition) is 1. The molecule has 23 heavy (non-hydrogen) atoms. The Labute approximate surface area is 147 Å². The third-order valence-electron chi connectivity index (χ3n) is 3.26. The van der Waals surface area contributed by atoms with Crippen LogP contribution in [0.5, 0.6) is 0 Å². The molecular weight excluding hydrogens is 412 g/mol. The first kappa shape index (κ1) is 17.4. The molecule has 0 heterocycles. The lowest BCUT2D eigenvalue weighted by Crippen LogP contribution is -2.43. The van der Waals surface area contributed by atoms with Gasteiger partial charge in [0, 0.05) is 15.6 Å². The van der Waals surface area contributed by atoms with Gasteiger partial charge in [-0.15, -0.1) is 0 Å². The Hall–Kier alpha value is -1.96. The molecule has 0 unspecified atom stereocenters. The molecule has 2 rings (SSSR count). The van der Waals surface area contributed by atoms with Gasteiger partial charge in [-0.25, -0.2) is 9.18 Å². The number of nitrogens with one attached hydrogen (secondary N) is 1. The van der Waals surface area contributed by atoms with Gasteiger partial charge in [0.25, 0.3) is 5.91 Å². The Balaban J connectivity index is 2.17. The summed E-state index contributed by atoms with van der Waals surface area (Å²) in [7, 11) is 1.26. The molecule has 1 N–H and O–H groups in total. The fourth-order valence-electron chi connectivity index (χ4n) is 2.09. The second-order valence-corrected chi connectivity index (χ2v) is 6.02. The maximum atomic E-state index is 13.2. The molecule has 120 valence electrons. The number of benzene rings is 2. The summed E-state index contributed by atoms with van der Waals surface area (Å²) >= 11 is 2.16. The zero-order valence-electron chi connectivity index (χ0n) is 12.4. The number of carbonyl (C=O) groups is 2. The van der Waals surface area contributed by atoms with Crippen LogP contribution in [0.2, 0.25) is 0 Å². The molecule has 0 aliphatic rings. The van der Waals surface area contributed by atoms with Crippen LogP contribution in [0.1, 0.15) is 15.9 Å². The number of rotatable bonds is 5. The lowest BCUT2D eigenvalue weighted by molar-refractivity contribution is -0.142. The van der Waals surface area contributed by atoms with Crippen molar-refractivity contribution in [3.8, 4) is 0 Å². The summed E-state index contributed by atoms with van der Waals surface area (Å²) < 4.78 is 19.0. The van der Waals surface area contributed by atoms with Gasteiger partial charge in [-0.05, 0) is 52.4 Å². The summed E-state index contributed by atoms with van der Waals surface area (Å²) in [4.78, 5) is 24.2. The van der Waals surface area contributed by atoms with E-state index in [1.54, 1.807) is 0 Å². The predicted octanol–water partition coefficient (Wildman–Crippen LogP) is 2.94. The highest BCUT2D eigenvalue weighted by atomic mass is 127. The van der Waals surface area contributed by atoms with E-state index in [2.05, 4.69) is 27.9 Å². The lowest BCUT2D eigenvalue weighted by atomic mass is 10.1. The van der Waals surface area contributed by atoms with Crippen LogP contribution in [0.15, 0.2) is 48.5 Å². The van der Waals surface area contributed by atoms with Crippen LogP contribution in [-0.2, 0) is 16.0 Å². The van der Waals surface area contributed by atoms with Gasteiger partial charge < -0.3 is 10.1 Å². The Bertz CT molecular complexity index is 720. The minimum atomic E-state index is -0.841. The van der Waals surface area contributed by atoms with E-state index < -0.39 is 23.7 Å². The van der Waals surface area contributed by atoms with Gasteiger partial charge in [0.1, 0.15) is 11.9 Å². The van der Waals surface area contributed by atoms with Crippen LogP contribution >= 0.6 is 22.6 Å². The van der Waals surface area contributed by atoms with Gasteiger partial charge in [-0.2, -0.15) is 0 Å². The minimum Gasteiger partial charge on any atom is -0.467 e. The second-order valence-electron chi connectivity index (χ2n) is 4.86. The Morgan fingerprint density at radius 3 is 2.61 bits per heavy atom. The van der Waals surface area contributed by atoms with E-state index in [-0.39, 0.29) is 5.56 Å². The van der Waals surface area contributed by atoms with Crippen molar-refractivity contribution in [3.05, 3.63) is 69.0 Å². The highest BCUT2D eigenvalue weighted by molar-refractivity contribution is 14.1. The zero-order chi connectivity index (χ0) is 16.8. The third kappa shape index (κ3) is 4.75. The fraction of sp³-hybridized carbons (Fsp3) is 0.176. The Kier molecular flexibility index (Phi) is 6.09. The zero-order valence-corrected chi connectivity index (χ0v) is 14.5. The second kappa shape index (κ2) is 8.05. The maximum absolute atomic E-state index is 13.2. The number of ether oxygens (including phenoxy) is 1. The molecule has 0 aliphatic heterocycles. The summed E-state index contributed by atoms with van der Waals surface area (Å²) in [5.74, 6) is -1.58. The SMILES string of the molecule is COC(=O)[C@@H](Cc1ccccc1I)NC(=O)c1cccc(F)c1. The average molecular weight is 427 g/mol. The summed E-state index contributed by atoms with van der Waals surface area (Å²) in [6.07, 6.45) is 0.298. The Morgan fingerprint density at radius 2 is 1.96 bits per heavy atom. The van der Waals surface area contributed by atoms with E-state index in [0.29, 0.717) is 6.42 Å². The summed E-state index contributed by atoms with van der Waals surface area (Å²) in [5, 5.41) is 2.60. The number of carbonyl (C=O) groups excluding carboxylic acids is 2. The van der Waals surface area contributed by atoms with Crippen molar-refractivity contribution in [1.82, 2.24) is 5.32 Å². The maximum Gasteiger partial charge on any atom is 0.328 e. The predicted molar refractivity (Wildman–Crippen MR) is 92.5 cm³/mol. The van der Waals surface area contributed by atoms with Crippen LogP contribution in [0.25, 0.3) is 0 Å². The number of esters is 1. The molecule has 2 aromatic rings. The normalized spacial score (nSPS) is 11.6. The van der Waals surface area contributed by atoms with Crippen LogP contribution in [0.3, 0.4) is 0 Å². The van der Waals surface area contributed by atoms with Gasteiger partial charge in [0.2, 0.25) is 0 Å². The van der Waals surface area contributed by atoms with E-state index in [1.165, 1.54) is 25.3 Å². The molecule has 0 radical (unpaired) electrons. The molecule has 0 bridgehead atoms. The topological polar surface area (TPSA) is 55.4 Å². The average Bonchev–Trinajstić information content (AvgIpc) is 2.55. The smallest absolute Gasteiger partial charge is 0.328 e. The van der Waals surface area contributed by atoms with Crippen LogP contribution < -0.4 is 5.32 Å². The van der Waals surface area contributed by atoms with Crippen LogP contribution in [0, 0.1) is 9.39 Å². The fourth-order valence-corrected chi connectivity index (χ4v) is 2.70. The van der Waals surface area contributed by atoms with E-state index in [0.717, 1.165) is 15.2 Å². The van der Waals surface area contributed by atoms with Crippen molar-refractivity contribution in [2.45, 2.75) is 12.5 Å². The molecule has 1 amide bonds. The largest absolute Gasteiger partial charge is 0.467 e. The van der Waals surface area contributed by atoms with Gasteiger partial charge in [-0.1, -0.05) is 24.3 Å². The van der Waals surface area contributed by atoms with E-state index in [9.17, 15) is 14.0 Å². The van der Waals surface area contributed by atoms with E-state index in [4.69, 9.17) is 4.74 Å². The van der Waals surface area contributed by atoms with Crippen molar-refractivity contribution in [2.75, 3.05) is 7.11 Å². The summed E-state index contributed by atoms with van der Waals surface area (Å²) in [6, 6.07) is 12.0. The van der Waals surface area contributed by atoms with Gasteiger partial charge in [0.15, 0.2) is 0 Å². The molecule has 1 atom stereocenters. The number of amides is 1. The monoisotopic (exact) mass is 427 g/mol. The highest BCUT2D eigenvalue weighted by Gasteiger charge is 2.23. The first-order valence-electron chi connectivity index (χ1n) is 6.89. The van der Waals surface area contributed by atoms with Gasteiger partial charge in [0.05, 0.1) is 7.11 Å². The van der Waals surface area contributed by atoms with Crippen molar-refractivity contribution in [2.24, 2.45) is 0 Å². The van der Waals surface area contributed by atoms with Crippen molar-refractivity contribution < 1.29 is 18.7 Å². The lowest BCUT2D eigenvalue weighted by Gasteiger charge is -2.17. The van der Waals surface area contributed by atoms with Crippen molar-refractivity contribution in [1.29, 1.82) is 0 Å². The van der Waals surface area contributed by atoms with Crippen molar-refractivity contribution >= 4 is 34.5 Å². The van der Waals surface area contributed by atoms with Gasteiger partial charge in [-0.3, -0.25) is 4.79 Å². The van der Waals surface area contributed by atoms with Gasteiger partial charge >= 0.3 is 5.97 Å². The summed E-state index contributed by atoms with van der Waals surface area (Å²) in [5.41, 5.74) is 1.07. The van der Waals surface area contributed by atoms with E-state index in [1.807, 2.05) is 24.3 Å². The molecule has 4 nitrogen and oxygen atoms in total. The number of methoxy groups -OCH3 is 1. The molecule has 6 heteroatoms. The Morgan fingerprint density at radius 1 is 1.22 bits per heavy atom. The molecular formula is C17H15FINO3. The standard InChI is InChI=1S/C17H15FINO3/c1-23-17(22)15(10-11-5-2-3-8-14(11)19)20-16(21)12-6-4-7-13(18)9-12/h2-9,15H,10H2,1H3,(H,20,21)/t15-/m1/s1.